The first kappa shape index (κ1) is 17.7. The van der Waals surface area contributed by atoms with Gasteiger partial charge in [-0.3, -0.25) is 4.90 Å². The lowest BCUT2D eigenvalue weighted by Crippen LogP contribution is -2.53. The van der Waals surface area contributed by atoms with Crippen LogP contribution >= 0.6 is 11.6 Å². The van der Waals surface area contributed by atoms with E-state index in [1.807, 2.05) is 18.2 Å². The number of hydrogen-bond acceptors (Lipinski definition) is 2. The molecule has 3 unspecified atom stereocenters. The summed E-state index contributed by atoms with van der Waals surface area (Å²) in [6.07, 6.45) is 3.82. The van der Waals surface area contributed by atoms with E-state index in [0.29, 0.717) is 18.0 Å². The molecule has 1 heterocycles. The molecule has 142 valence electrons. The van der Waals surface area contributed by atoms with E-state index in [4.69, 9.17) is 11.6 Å². The maximum absolute atomic E-state index is 13.4. The molecule has 4 heteroatoms. The van der Waals surface area contributed by atoms with Crippen molar-refractivity contribution in [2.24, 2.45) is 5.92 Å². The highest BCUT2D eigenvalue weighted by Gasteiger charge is 2.42. The molecule has 1 saturated heterocycles. The Balaban J connectivity index is 1.47. The number of likely N-dealkylation sites (N-methyl/N-ethyl adjacent to an activating group) is 1. The smallest absolute Gasteiger partial charge is 0.123 e. The van der Waals surface area contributed by atoms with Crippen molar-refractivity contribution in [1.29, 1.82) is 0 Å². The Morgan fingerprint density at radius 3 is 2.52 bits per heavy atom. The van der Waals surface area contributed by atoms with Crippen molar-refractivity contribution >= 4 is 11.6 Å². The van der Waals surface area contributed by atoms with E-state index in [1.54, 1.807) is 12.1 Å². The van der Waals surface area contributed by atoms with Crippen LogP contribution in [0.2, 0.25) is 5.02 Å². The molecule has 2 aromatic carbocycles. The summed E-state index contributed by atoms with van der Waals surface area (Å²) in [6.45, 7) is 3.38. The van der Waals surface area contributed by atoms with E-state index >= 15 is 0 Å². The minimum absolute atomic E-state index is 0.170. The van der Waals surface area contributed by atoms with E-state index in [0.717, 1.165) is 37.0 Å². The first-order chi connectivity index (χ1) is 13.1. The molecule has 0 radical (unpaired) electrons. The third-order valence-corrected chi connectivity index (χ3v) is 7.08. The summed E-state index contributed by atoms with van der Waals surface area (Å²) >= 11 is 6.38. The van der Waals surface area contributed by atoms with Gasteiger partial charge < -0.3 is 4.90 Å². The summed E-state index contributed by atoms with van der Waals surface area (Å²) in [6, 6.07) is 14.5. The van der Waals surface area contributed by atoms with Gasteiger partial charge in [0.15, 0.2) is 0 Å². The SMILES string of the molecule is CN1CCN(C2CC(c3ccc(F)cc3)c3ccc(Cl)cc32)CC1C1CC1. The fourth-order valence-corrected chi connectivity index (χ4v) is 5.36. The highest BCUT2D eigenvalue weighted by atomic mass is 35.5. The standard InChI is InChI=1S/C23H26ClFN2/c1-26-10-11-27(14-23(26)16-2-3-16)22-13-20(15-4-7-18(25)8-5-15)19-9-6-17(24)12-21(19)22/h4-9,12,16,20,22-23H,2-3,10-11,13-14H2,1H3. The summed E-state index contributed by atoms with van der Waals surface area (Å²) in [4.78, 5) is 5.24. The molecular formula is C23H26ClFN2. The van der Waals surface area contributed by atoms with Crippen molar-refractivity contribution in [2.75, 3.05) is 26.7 Å². The van der Waals surface area contributed by atoms with Gasteiger partial charge in [-0.2, -0.15) is 0 Å². The highest BCUT2D eigenvalue weighted by Crippen LogP contribution is 2.48. The van der Waals surface area contributed by atoms with Gasteiger partial charge in [-0.25, -0.2) is 4.39 Å². The molecule has 0 N–H and O–H groups in total. The number of benzene rings is 2. The summed E-state index contributed by atoms with van der Waals surface area (Å²) in [7, 11) is 2.28. The van der Waals surface area contributed by atoms with Gasteiger partial charge in [-0.1, -0.05) is 29.8 Å². The van der Waals surface area contributed by atoms with Crippen LogP contribution in [0, 0.1) is 11.7 Å². The largest absolute Gasteiger partial charge is 0.301 e. The first-order valence-corrected chi connectivity index (χ1v) is 10.5. The van der Waals surface area contributed by atoms with Gasteiger partial charge in [-0.05, 0) is 73.2 Å². The Hall–Kier alpha value is -1.42. The average molecular weight is 385 g/mol. The number of piperazine rings is 1. The monoisotopic (exact) mass is 384 g/mol. The second kappa shape index (κ2) is 6.88. The molecule has 3 atom stereocenters. The zero-order valence-corrected chi connectivity index (χ0v) is 16.5. The lowest BCUT2D eigenvalue weighted by molar-refractivity contribution is 0.0534. The predicted octanol–water partition coefficient (Wildman–Crippen LogP) is 5.08. The van der Waals surface area contributed by atoms with Gasteiger partial charge in [0.25, 0.3) is 0 Å². The molecule has 2 aliphatic carbocycles. The molecule has 0 amide bonds. The van der Waals surface area contributed by atoms with E-state index < -0.39 is 0 Å². The van der Waals surface area contributed by atoms with Crippen molar-refractivity contribution in [3.05, 3.63) is 70.0 Å². The quantitative estimate of drug-likeness (QED) is 0.727. The highest BCUT2D eigenvalue weighted by molar-refractivity contribution is 6.30. The van der Waals surface area contributed by atoms with Crippen LogP contribution in [-0.4, -0.2) is 42.5 Å². The van der Waals surface area contributed by atoms with Crippen molar-refractivity contribution in [2.45, 2.75) is 37.3 Å². The summed E-state index contributed by atoms with van der Waals surface area (Å²) in [5, 5.41) is 0.811. The zero-order chi connectivity index (χ0) is 18.5. The van der Waals surface area contributed by atoms with Gasteiger partial charge in [0.1, 0.15) is 5.82 Å². The lowest BCUT2D eigenvalue weighted by Gasteiger charge is -2.42. The lowest BCUT2D eigenvalue weighted by atomic mass is 9.93. The van der Waals surface area contributed by atoms with Gasteiger partial charge in [0, 0.05) is 42.7 Å². The molecule has 0 bridgehead atoms. The van der Waals surface area contributed by atoms with Crippen LogP contribution in [0.25, 0.3) is 0 Å². The molecule has 27 heavy (non-hydrogen) atoms. The minimum atomic E-state index is -0.170. The van der Waals surface area contributed by atoms with Crippen molar-refractivity contribution in [3.8, 4) is 0 Å². The average Bonchev–Trinajstić information content (AvgIpc) is 3.44. The second-order valence-corrected chi connectivity index (χ2v) is 8.95. The van der Waals surface area contributed by atoms with Crippen LogP contribution in [0.15, 0.2) is 42.5 Å². The van der Waals surface area contributed by atoms with Crippen LogP contribution in [0.5, 0.6) is 0 Å². The third-order valence-electron chi connectivity index (χ3n) is 6.85. The van der Waals surface area contributed by atoms with E-state index in [9.17, 15) is 4.39 Å². The van der Waals surface area contributed by atoms with Crippen molar-refractivity contribution in [3.63, 3.8) is 0 Å². The topological polar surface area (TPSA) is 6.48 Å². The summed E-state index contributed by atoms with van der Waals surface area (Å²) in [5.41, 5.74) is 3.93. The van der Waals surface area contributed by atoms with Crippen LogP contribution < -0.4 is 0 Å². The fourth-order valence-electron chi connectivity index (χ4n) is 5.18. The molecular weight excluding hydrogens is 359 g/mol. The number of fused-ring (bicyclic) bond motifs is 1. The molecule has 2 aromatic rings. The second-order valence-electron chi connectivity index (χ2n) is 8.51. The number of rotatable bonds is 3. The van der Waals surface area contributed by atoms with Gasteiger partial charge >= 0.3 is 0 Å². The summed E-state index contributed by atoms with van der Waals surface area (Å²) < 4.78 is 13.4. The van der Waals surface area contributed by atoms with E-state index in [-0.39, 0.29) is 5.82 Å². The number of nitrogens with zero attached hydrogens (tertiary/aromatic N) is 2. The van der Waals surface area contributed by atoms with Crippen molar-refractivity contribution < 1.29 is 4.39 Å². The molecule has 3 aliphatic rings. The minimum Gasteiger partial charge on any atom is -0.301 e. The first-order valence-electron chi connectivity index (χ1n) is 10.1. The fraction of sp³-hybridized carbons (Fsp3) is 0.478. The summed E-state index contributed by atoms with van der Waals surface area (Å²) in [5.74, 6) is 1.03. The molecule has 5 rings (SSSR count). The molecule has 2 fully saturated rings. The van der Waals surface area contributed by atoms with Gasteiger partial charge in [0.05, 0.1) is 0 Å². The Kier molecular flexibility index (Phi) is 4.50. The van der Waals surface area contributed by atoms with Gasteiger partial charge in [-0.15, -0.1) is 0 Å². The predicted molar refractivity (Wildman–Crippen MR) is 108 cm³/mol. The van der Waals surface area contributed by atoms with Gasteiger partial charge in [0.2, 0.25) is 0 Å². The Morgan fingerprint density at radius 2 is 1.78 bits per heavy atom. The van der Waals surface area contributed by atoms with E-state index in [1.165, 1.54) is 29.5 Å². The third kappa shape index (κ3) is 3.30. The maximum atomic E-state index is 13.4. The Bertz CT molecular complexity index is 833. The van der Waals surface area contributed by atoms with Crippen LogP contribution in [-0.2, 0) is 0 Å². The molecule has 1 saturated carbocycles. The molecule has 0 spiro atoms. The molecule has 2 nitrogen and oxygen atoms in total. The molecule has 1 aliphatic heterocycles. The van der Waals surface area contributed by atoms with Crippen molar-refractivity contribution in [1.82, 2.24) is 9.80 Å². The van der Waals surface area contributed by atoms with Crippen LogP contribution in [0.4, 0.5) is 4.39 Å². The zero-order valence-electron chi connectivity index (χ0n) is 15.7. The van der Waals surface area contributed by atoms with Crippen LogP contribution in [0.3, 0.4) is 0 Å². The normalized spacial score (nSPS) is 29.1. The van der Waals surface area contributed by atoms with E-state index in [2.05, 4.69) is 29.0 Å². The van der Waals surface area contributed by atoms with Crippen LogP contribution in [0.1, 0.15) is 47.9 Å². The Labute approximate surface area is 165 Å². The number of halogens is 2. The Morgan fingerprint density at radius 1 is 1.00 bits per heavy atom. The number of hydrogen-bond donors (Lipinski definition) is 0. The maximum Gasteiger partial charge on any atom is 0.123 e. The molecule has 0 aromatic heterocycles.